The van der Waals surface area contributed by atoms with Gasteiger partial charge in [-0.2, -0.15) is 0 Å². The van der Waals surface area contributed by atoms with Gasteiger partial charge in [-0.05, 0) is 35.1 Å². The van der Waals surface area contributed by atoms with E-state index in [0.29, 0.717) is 19.8 Å². The molecule has 0 bridgehead atoms. The van der Waals surface area contributed by atoms with Crippen LogP contribution in [0.25, 0.3) is 0 Å². The molecular formula is C20H21NO3. The van der Waals surface area contributed by atoms with Crippen LogP contribution in [0.1, 0.15) is 34.5 Å². The Balaban J connectivity index is 1.45. The largest absolute Gasteiger partial charge is 0.371 e. The van der Waals surface area contributed by atoms with Crippen LogP contribution in [0.3, 0.4) is 0 Å². The first-order chi connectivity index (χ1) is 11.8. The highest BCUT2D eigenvalue weighted by molar-refractivity contribution is 5.83. The summed E-state index contributed by atoms with van der Waals surface area (Å²) in [6.45, 7) is 1.75. The van der Waals surface area contributed by atoms with Crippen LogP contribution >= 0.6 is 0 Å². The van der Waals surface area contributed by atoms with E-state index in [1.54, 1.807) is 0 Å². The maximum Gasteiger partial charge on any atom is 0.253 e. The summed E-state index contributed by atoms with van der Waals surface area (Å²) in [4.78, 5) is 12.6. The average molecular weight is 323 g/mol. The number of nitrogens with one attached hydrogen (secondary N) is 1. The molecule has 0 aliphatic carbocycles. The zero-order valence-corrected chi connectivity index (χ0v) is 13.5. The van der Waals surface area contributed by atoms with Gasteiger partial charge in [0.15, 0.2) is 6.10 Å². The molecule has 4 heteroatoms. The third-order valence-corrected chi connectivity index (χ3v) is 4.79. The van der Waals surface area contributed by atoms with Crippen LogP contribution in [-0.4, -0.2) is 25.7 Å². The van der Waals surface area contributed by atoms with Crippen molar-refractivity contribution in [2.75, 3.05) is 19.8 Å². The number of rotatable bonds is 3. The number of hydrogen-bond acceptors (Lipinski definition) is 3. The van der Waals surface area contributed by atoms with Crippen LogP contribution in [0.4, 0.5) is 0 Å². The van der Waals surface area contributed by atoms with E-state index in [4.69, 9.17) is 9.47 Å². The van der Waals surface area contributed by atoms with E-state index < -0.39 is 6.10 Å². The standard InChI is InChI=1S/C20H21NO3/c22-20(19-17-8-4-2-6-15(17)10-12-24-19)21-13-18-16-7-3-1-5-14(16)9-11-23-18/h1-8,18-19H,9-13H2,(H,21,22)/t18-,19+/m1/s1. The summed E-state index contributed by atoms with van der Waals surface area (Å²) in [6.07, 6.45) is 1.19. The number of benzene rings is 2. The molecule has 0 saturated carbocycles. The summed E-state index contributed by atoms with van der Waals surface area (Å²) in [7, 11) is 0. The summed E-state index contributed by atoms with van der Waals surface area (Å²) in [5, 5.41) is 3.01. The van der Waals surface area contributed by atoms with Gasteiger partial charge < -0.3 is 14.8 Å². The van der Waals surface area contributed by atoms with Crippen molar-refractivity contribution in [1.82, 2.24) is 5.32 Å². The first-order valence-corrected chi connectivity index (χ1v) is 8.49. The molecule has 2 atom stereocenters. The summed E-state index contributed by atoms with van der Waals surface area (Å²) in [5.74, 6) is -0.0891. The molecule has 2 aliphatic rings. The molecule has 0 fully saturated rings. The van der Waals surface area contributed by atoms with E-state index in [2.05, 4.69) is 23.5 Å². The lowest BCUT2D eigenvalue weighted by Crippen LogP contribution is -2.37. The van der Waals surface area contributed by atoms with Crippen molar-refractivity contribution in [3.05, 3.63) is 70.8 Å². The van der Waals surface area contributed by atoms with Crippen LogP contribution in [0, 0.1) is 0 Å². The van der Waals surface area contributed by atoms with Crippen molar-refractivity contribution in [3.63, 3.8) is 0 Å². The van der Waals surface area contributed by atoms with Gasteiger partial charge in [0, 0.05) is 6.54 Å². The molecule has 2 aromatic carbocycles. The topological polar surface area (TPSA) is 47.6 Å². The highest BCUT2D eigenvalue weighted by atomic mass is 16.5. The molecule has 24 heavy (non-hydrogen) atoms. The van der Waals surface area contributed by atoms with Crippen LogP contribution in [0.5, 0.6) is 0 Å². The second kappa shape index (κ2) is 6.75. The molecule has 124 valence electrons. The van der Waals surface area contributed by atoms with Crippen LogP contribution in [0.15, 0.2) is 48.5 Å². The molecule has 0 saturated heterocycles. The van der Waals surface area contributed by atoms with Gasteiger partial charge in [-0.25, -0.2) is 0 Å². The molecule has 1 N–H and O–H groups in total. The molecule has 0 spiro atoms. The lowest BCUT2D eigenvalue weighted by Gasteiger charge is -2.28. The predicted molar refractivity (Wildman–Crippen MR) is 90.7 cm³/mol. The number of carbonyl (C=O) groups excluding carboxylic acids is 1. The zero-order valence-electron chi connectivity index (χ0n) is 13.5. The van der Waals surface area contributed by atoms with Gasteiger partial charge >= 0.3 is 0 Å². The highest BCUT2D eigenvalue weighted by Gasteiger charge is 2.28. The fourth-order valence-electron chi connectivity index (χ4n) is 3.54. The SMILES string of the molecule is O=C(NC[C@H]1OCCc2ccccc21)[C@H]1OCCc2ccccc21. The fraction of sp³-hybridized carbons (Fsp3) is 0.350. The summed E-state index contributed by atoms with van der Waals surface area (Å²) >= 11 is 0. The van der Waals surface area contributed by atoms with E-state index in [1.165, 1.54) is 16.7 Å². The molecule has 2 aromatic rings. The van der Waals surface area contributed by atoms with E-state index in [-0.39, 0.29) is 12.0 Å². The summed E-state index contributed by atoms with van der Waals surface area (Å²) < 4.78 is 11.6. The molecule has 4 nitrogen and oxygen atoms in total. The lowest BCUT2D eigenvalue weighted by molar-refractivity contribution is -0.134. The second-order valence-electron chi connectivity index (χ2n) is 6.25. The lowest BCUT2D eigenvalue weighted by atomic mass is 9.96. The Bertz CT molecular complexity index is 743. The molecule has 2 aliphatic heterocycles. The van der Waals surface area contributed by atoms with Gasteiger partial charge in [-0.15, -0.1) is 0 Å². The first kappa shape index (κ1) is 15.4. The molecule has 1 amide bonds. The molecule has 0 aromatic heterocycles. The monoisotopic (exact) mass is 323 g/mol. The number of ether oxygens (including phenoxy) is 2. The highest BCUT2D eigenvalue weighted by Crippen LogP contribution is 2.29. The fourth-order valence-corrected chi connectivity index (χ4v) is 3.54. The van der Waals surface area contributed by atoms with Gasteiger partial charge in [0.05, 0.1) is 13.2 Å². The van der Waals surface area contributed by atoms with Crippen molar-refractivity contribution in [1.29, 1.82) is 0 Å². The molecule has 0 unspecified atom stereocenters. The quantitative estimate of drug-likeness (QED) is 0.945. The molecule has 0 radical (unpaired) electrons. The number of fused-ring (bicyclic) bond motifs is 2. The number of hydrogen-bond donors (Lipinski definition) is 1. The normalized spacial score (nSPS) is 22.3. The van der Waals surface area contributed by atoms with Crippen molar-refractivity contribution in [2.24, 2.45) is 0 Å². The van der Waals surface area contributed by atoms with Gasteiger partial charge in [-0.3, -0.25) is 4.79 Å². The van der Waals surface area contributed by atoms with Crippen molar-refractivity contribution < 1.29 is 14.3 Å². The van der Waals surface area contributed by atoms with Gasteiger partial charge in [0.2, 0.25) is 0 Å². The molecule has 4 rings (SSSR count). The van der Waals surface area contributed by atoms with Crippen molar-refractivity contribution in [3.8, 4) is 0 Å². The van der Waals surface area contributed by atoms with Gasteiger partial charge in [-0.1, -0.05) is 48.5 Å². The Morgan fingerprint density at radius 2 is 1.54 bits per heavy atom. The molecular weight excluding hydrogens is 302 g/mol. The Hall–Kier alpha value is -2.17. The number of carbonyl (C=O) groups is 1. The minimum atomic E-state index is -0.520. The van der Waals surface area contributed by atoms with Crippen LogP contribution < -0.4 is 5.32 Å². The van der Waals surface area contributed by atoms with Crippen LogP contribution in [0.2, 0.25) is 0 Å². The van der Waals surface area contributed by atoms with E-state index in [0.717, 1.165) is 18.4 Å². The average Bonchev–Trinajstić information content (AvgIpc) is 2.65. The minimum absolute atomic E-state index is 0.0854. The Labute approximate surface area is 141 Å². The maximum atomic E-state index is 12.6. The van der Waals surface area contributed by atoms with Gasteiger partial charge in [0.1, 0.15) is 6.10 Å². The van der Waals surface area contributed by atoms with E-state index >= 15 is 0 Å². The summed E-state index contributed by atoms with van der Waals surface area (Å²) in [6, 6.07) is 16.3. The van der Waals surface area contributed by atoms with Crippen molar-refractivity contribution >= 4 is 5.91 Å². The Morgan fingerprint density at radius 3 is 2.33 bits per heavy atom. The van der Waals surface area contributed by atoms with Crippen molar-refractivity contribution in [2.45, 2.75) is 25.0 Å². The third-order valence-electron chi connectivity index (χ3n) is 4.79. The van der Waals surface area contributed by atoms with Crippen LogP contribution in [-0.2, 0) is 27.1 Å². The van der Waals surface area contributed by atoms with E-state index in [1.807, 2.05) is 30.3 Å². The van der Waals surface area contributed by atoms with Gasteiger partial charge in [0.25, 0.3) is 5.91 Å². The first-order valence-electron chi connectivity index (χ1n) is 8.49. The minimum Gasteiger partial charge on any atom is -0.371 e. The summed E-state index contributed by atoms with van der Waals surface area (Å²) in [5.41, 5.74) is 4.66. The second-order valence-corrected chi connectivity index (χ2v) is 6.25. The molecule has 2 heterocycles. The smallest absolute Gasteiger partial charge is 0.253 e. The number of amides is 1. The third kappa shape index (κ3) is 2.95. The Kier molecular flexibility index (Phi) is 4.32. The van der Waals surface area contributed by atoms with E-state index in [9.17, 15) is 4.79 Å². The maximum absolute atomic E-state index is 12.6. The predicted octanol–water partition coefficient (Wildman–Crippen LogP) is 2.73. The zero-order chi connectivity index (χ0) is 16.4. The Morgan fingerprint density at radius 1 is 0.917 bits per heavy atom.